The van der Waals surface area contributed by atoms with E-state index in [1.807, 2.05) is 0 Å². The standard InChI is InChI=1S/C17H32O7P2/c1-14(2)8-6-9-15(3)10-7-11-16(4)12-13-17(24-5,25(18,19)20)26(21,22)23/h8,10,12H,6-7,9,11,13H2,1-5H3,(H2,18,19,20)(H2,21,22,23). The van der Waals surface area contributed by atoms with Crippen LogP contribution in [-0.2, 0) is 13.9 Å². The molecule has 0 aromatic rings. The summed E-state index contributed by atoms with van der Waals surface area (Å²) in [7, 11) is -9.50. The van der Waals surface area contributed by atoms with Gasteiger partial charge in [-0.2, -0.15) is 0 Å². The number of rotatable bonds is 11. The molecule has 0 fully saturated rings. The van der Waals surface area contributed by atoms with Crippen LogP contribution in [0.15, 0.2) is 34.9 Å². The Labute approximate surface area is 156 Å². The Bertz CT molecular complexity index is 611. The fraction of sp³-hybridized carbons (Fsp3) is 0.647. The summed E-state index contributed by atoms with van der Waals surface area (Å²) < 4.78 is 27.9. The third kappa shape index (κ3) is 8.01. The van der Waals surface area contributed by atoms with Crippen LogP contribution >= 0.6 is 15.2 Å². The molecule has 7 nitrogen and oxygen atoms in total. The van der Waals surface area contributed by atoms with Gasteiger partial charge in [0.15, 0.2) is 0 Å². The molecular weight excluding hydrogens is 378 g/mol. The minimum atomic E-state index is -5.19. The van der Waals surface area contributed by atoms with E-state index in [9.17, 15) is 28.7 Å². The zero-order chi connectivity index (χ0) is 20.6. The second kappa shape index (κ2) is 10.7. The molecule has 0 aliphatic rings. The van der Waals surface area contributed by atoms with Crippen molar-refractivity contribution in [2.75, 3.05) is 7.11 Å². The number of methoxy groups -OCH3 is 1. The van der Waals surface area contributed by atoms with Gasteiger partial charge in [0, 0.05) is 13.5 Å². The molecule has 4 N–H and O–H groups in total. The van der Waals surface area contributed by atoms with E-state index in [4.69, 9.17) is 0 Å². The van der Waals surface area contributed by atoms with Gasteiger partial charge in [0.25, 0.3) is 5.08 Å². The van der Waals surface area contributed by atoms with Gasteiger partial charge in [-0.05, 0) is 53.4 Å². The molecule has 0 aliphatic carbocycles. The van der Waals surface area contributed by atoms with E-state index in [1.54, 1.807) is 6.92 Å². The predicted molar refractivity (Wildman–Crippen MR) is 104 cm³/mol. The van der Waals surface area contributed by atoms with Crippen LogP contribution in [0.25, 0.3) is 0 Å². The monoisotopic (exact) mass is 410 g/mol. The maximum atomic E-state index is 11.6. The van der Waals surface area contributed by atoms with Gasteiger partial charge in [-0.25, -0.2) is 0 Å². The first kappa shape index (κ1) is 25.5. The van der Waals surface area contributed by atoms with Crippen LogP contribution in [0.4, 0.5) is 0 Å². The van der Waals surface area contributed by atoms with E-state index in [1.165, 1.54) is 17.2 Å². The fourth-order valence-corrected chi connectivity index (χ4v) is 4.87. The van der Waals surface area contributed by atoms with Crippen LogP contribution in [0.1, 0.15) is 59.8 Å². The molecule has 0 amide bonds. The van der Waals surface area contributed by atoms with Gasteiger partial charge >= 0.3 is 15.2 Å². The lowest BCUT2D eigenvalue weighted by Crippen LogP contribution is -2.30. The van der Waals surface area contributed by atoms with Crippen LogP contribution in [0.2, 0.25) is 0 Å². The summed E-state index contributed by atoms with van der Waals surface area (Å²) in [4.78, 5) is 37.6. The van der Waals surface area contributed by atoms with E-state index in [0.29, 0.717) is 6.42 Å². The van der Waals surface area contributed by atoms with Crippen molar-refractivity contribution in [2.24, 2.45) is 0 Å². The summed E-state index contributed by atoms with van der Waals surface area (Å²) in [6, 6.07) is 0. The molecule has 0 radical (unpaired) electrons. The molecule has 26 heavy (non-hydrogen) atoms. The Kier molecular flexibility index (Phi) is 10.5. The summed E-state index contributed by atoms with van der Waals surface area (Å²) >= 11 is 0. The van der Waals surface area contributed by atoms with Crippen LogP contribution in [0.5, 0.6) is 0 Å². The maximum Gasteiger partial charge on any atom is 0.370 e. The summed E-state index contributed by atoms with van der Waals surface area (Å²) in [6.45, 7) is 7.92. The molecule has 0 bridgehead atoms. The first-order chi connectivity index (χ1) is 11.8. The lowest BCUT2D eigenvalue weighted by Gasteiger charge is -2.32. The van der Waals surface area contributed by atoms with Crippen LogP contribution in [-0.4, -0.2) is 31.8 Å². The summed E-state index contributed by atoms with van der Waals surface area (Å²) in [5, 5.41) is -2.84. The van der Waals surface area contributed by atoms with Crippen molar-refractivity contribution in [3.8, 4) is 0 Å². The largest absolute Gasteiger partial charge is 0.370 e. The van der Waals surface area contributed by atoms with Crippen molar-refractivity contribution in [1.82, 2.24) is 0 Å². The summed E-state index contributed by atoms with van der Waals surface area (Å²) in [5.74, 6) is 0. The van der Waals surface area contributed by atoms with Crippen molar-refractivity contribution in [2.45, 2.75) is 64.9 Å². The van der Waals surface area contributed by atoms with E-state index in [2.05, 4.69) is 37.7 Å². The second-order valence-corrected chi connectivity index (χ2v) is 10.7. The first-order valence-corrected chi connectivity index (χ1v) is 11.6. The minimum Gasteiger partial charge on any atom is -0.355 e. The number of hydrogen-bond donors (Lipinski definition) is 4. The van der Waals surface area contributed by atoms with Crippen LogP contribution < -0.4 is 0 Å². The molecule has 0 atom stereocenters. The van der Waals surface area contributed by atoms with Gasteiger partial charge in [0.2, 0.25) is 0 Å². The smallest absolute Gasteiger partial charge is 0.355 e. The van der Waals surface area contributed by atoms with Crippen molar-refractivity contribution < 1.29 is 33.4 Å². The SMILES string of the molecule is COC(CC=C(C)CCC=C(C)CCC=C(C)C)(P(=O)(O)O)P(=O)(O)O. The molecule has 0 aromatic carbocycles. The van der Waals surface area contributed by atoms with Gasteiger partial charge in [0.1, 0.15) is 0 Å². The minimum absolute atomic E-state index is 0.562. The Morgan fingerprint density at radius 3 is 1.65 bits per heavy atom. The van der Waals surface area contributed by atoms with E-state index < -0.39 is 26.7 Å². The highest BCUT2D eigenvalue weighted by Gasteiger charge is 2.60. The van der Waals surface area contributed by atoms with Crippen LogP contribution in [0.3, 0.4) is 0 Å². The average molecular weight is 410 g/mol. The van der Waals surface area contributed by atoms with E-state index in [-0.39, 0.29) is 0 Å². The predicted octanol–water partition coefficient (Wildman–Crippen LogP) is 4.45. The Morgan fingerprint density at radius 2 is 1.27 bits per heavy atom. The van der Waals surface area contributed by atoms with Crippen molar-refractivity contribution in [1.29, 1.82) is 0 Å². The fourth-order valence-electron chi connectivity index (χ4n) is 2.37. The zero-order valence-electron chi connectivity index (χ0n) is 16.2. The average Bonchev–Trinajstić information content (AvgIpc) is 2.44. The van der Waals surface area contributed by atoms with E-state index >= 15 is 0 Å². The molecular formula is C17H32O7P2. The highest BCUT2D eigenvalue weighted by molar-refractivity contribution is 7.72. The highest BCUT2D eigenvalue weighted by Crippen LogP contribution is 2.71. The second-order valence-electron chi connectivity index (χ2n) is 6.70. The maximum absolute atomic E-state index is 11.6. The van der Waals surface area contributed by atoms with Gasteiger partial charge in [0.05, 0.1) is 0 Å². The number of ether oxygens (including phenoxy) is 1. The molecule has 0 heterocycles. The molecule has 0 saturated heterocycles. The first-order valence-electron chi connectivity index (χ1n) is 8.38. The molecule has 0 spiro atoms. The zero-order valence-corrected chi connectivity index (χ0v) is 18.0. The molecule has 0 aliphatic heterocycles. The Morgan fingerprint density at radius 1 is 0.846 bits per heavy atom. The molecule has 0 unspecified atom stereocenters. The quantitative estimate of drug-likeness (QED) is 0.293. The topological polar surface area (TPSA) is 124 Å². The Hall–Kier alpha value is -0.520. The van der Waals surface area contributed by atoms with Crippen LogP contribution in [0, 0.1) is 0 Å². The summed E-state index contributed by atoms with van der Waals surface area (Å²) in [6.07, 6.45) is 8.47. The third-order valence-electron chi connectivity index (χ3n) is 4.08. The van der Waals surface area contributed by atoms with Crippen molar-refractivity contribution in [3.63, 3.8) is 0 Å². The third-order valence-corrected chi connectivity index (χ3v) is 8.19. The van der Waals surface area contributed by atoms with E-state index in [0.717, 1.165) is 31.9 Å². The van der Waals surface area contributed by atoms with Crippen molar-refractivity contribution in [3.05, 3.63) is 34.9 Å². The number of allylic oxidation sites excluding steroid dienone is 5. The van der Waals surface area contributed by atoms with Gasteiger partial charge in [-0.1, -0.05) is 34.9 Å². The molecule has 0 rings (SSSR count). The molecule has 0 aromatic heterocycles. The Balaban J connectivity index is 4.93. The molecule has 9 heteroatoms. The van der Waals surface area contributed by atoms with Crippen molar-refractivity contribution >= 4 is 15.2 Å². The molecule has 152 valence electrons. The lowest BCUT2D eigenvalue weighted by molar-refractivity contribution is 0.0794. The normalized spacial score (nSPS) is 14.5. The lowest BCUT2D eigenvalue weighted by atomic mass is 10.1. The van der Waals surface area contributed by atoms with Gasteiger partial charge in [-0.3, -0.25) is 9.13 Å². The number of hydrogen-bond acceptors (Lipinski definition) is 3. The summed E-state index contributed by atoms with van der Waals surface area (Å²) in [5.41, 5.74) is 3.32. The highest BCUT2D eigenvalue weighted by atomic mass is 31.2. The van der Waals surface area contributed by atoms with Gasteiger partial charge in [-0.15, -0.1) is 0 Å². The molecule has 0 saturated carbocycles. The van der Waals surface area contributed by atoms with Gasteiger partial charge < -0.3 is 24.3 Å².